The summed E-state index contributed by atoms with van der Waals surface area (Å²) >= 11 is 3.41. The van der Waals surface area contributed by atoms with E-state index in [0.717, 1.165) is 131 Å². The molecular weight excluding hydrogens is 1060 g/mol. The highest BCUT2D eigenvalue weighted by molar-refractivity contribution is 7.22. The van der Waals surface area contributed by atoms with Crippen LogP contribution in [-0.2, 0) is 0 Å². The lowest BCUT2D eigenvalue weighted by Crippen LogP contribution is -2.10. The van der Waals surface area contributed by atoms with Gasteiger partial charge in [-0.3, -0.25) is 9.80 Å². The van der Waals surface area contributed by atoms with Gasteiger partial charge >= 0.3 is 0 Å². The van der Waals surface area contributed by atoms with Crippen molar-refractivity contribution in [2.45, 2.75) is 0 Å². The van der Waals surface area contributed by atoms with E-state index in [1.54, 1.807) is 22.7 Å². The fourth-order valence-corrected chi connectivity index (χ4v) is 13.7. The number of para-hydroxylation sites is 8. The van der Waals surface area contributed by atoms with Crippen LogP contribution in [-0.4, -0.2) is 9.97 Å². The quantitative estimate of drug-likeness (QED) is 0.101. The second kappa shape index (κ2) is 22.0. The monoisotopic (exact) mass is 1110 g/mol. The van der Waals surface area contributed by atoms with E-state index in [9.17, 15) is 0 Å². The molecule has 2 aromatic heterocycles. The fraction of sp³-hybridized carbons (Fsp3) is 0. The maximum absolute atomic E-state index is 5.30. The molecule has 0 atom stereocenters. The van der Waals surface area contributed by atoms with E-state index < -0.39 is 0 Å². The average Bonchev–Trinajstić information content (AvgIpc) is 1.60. The summed E-state index contributed by atoms with van der Waals surface area (Å²) in [6.45, 7) is 0. The summed E-state index contributed by atoms with van der Waals surface area (Å²) in [5.41, 5.74) is 16.9. The van der Waals surface area contributed by atoms with Gasteiger partial charge in [-0.2, -0.15) is 0 Å². The van der Waals surface area contributed by atoms with E-state index in [4.69, 9.17) is 9.97 Å². The molecule has 84 heavy (non-hydrogen) atoms. The molecule has 0 fully saturated rings. The first-order valence-electron chi connectivity index (χ1n) is 28.1. The van der Waals surface area contributed by atoms with Crippen LogP contribution >= 0.6 is 22.7 Å². The minimum Gasteiger partial charge on any atom is -0.311 e. The minimum absolute atomic E-state index is 0.896. The molecule has 0 aliphatic rings. The molecule has 0 spiro atoms. The smallest absolute Gasteiger partial charge is 0.195 e. The molecule has 0 N–H and O–H groups in total. The molecular formula is C76H52N6S2. The van der Waals surface area contributed by atoms with Crippen molar-refractivity contribution in [3.63, 3.8) is 0 Å². The second-order valence-corrected chi connectivity index (χ2v) is 22.6. The van der Waals surface area contributed by atoms with Crippen molar-refractivity contribution in [2.24, 2.45) is 0 Å². The fourth-order valence-electron chi connectivity index (χ4n) is 11.7. The van der Waals surface area contributed by atoms with E-state index in [2.05, 4.69) is 335 Å². The predicted octanol–water partition coefficient (Wildman–Crippen LogP) is 22.4. The molecule has 2 heterocycles. The van der Waals surface area contributed by atoms with E-state index in [0.29, 0.717) is 0 Å². The van der Waals surface area contributed by atoms with Crippen LogP contribution in [0.25, 0.3) is 64.2 Å². The van der Waals surface area contributed by atoms with Crippen molar-refractivity contribution in [3.05, 3.63) is 315 Å². The molecule has 15 aromatic rings. The SMILES string of the molecule is c1ccc(N(c2ccccc2)c2ccc(-c3c4ccc(N(c5ccccc5)c5nc6ccccc6s5)cc4c(-c4ccc(N(c5ccccc5)c5ccccc5)cc4)c4ccc(N(c5ccccc5)c5nc6ccccc6s5)cc34)cc2)cc1. The maximum Gasteiger partial charge on any atom is 0.195 e. The van der Waals surface area contributed by atoms with Crippen LogP contribution in [0, 0.1) is 0 Å². The van der Waals surface area contributed by atoms with E-state index in [1.807, 2.05) is 0 Å². The standard InChI is InChI=1S/C76H52N6S2/c1-7-23-55(24-8-1)79(56-25-9-2-10-26-56)61-43-39-53(40-44-61)73-65-49-47-64(82(60-33-17-6-18-34-60)76-78-70-36-20-22-38-72(70)84-76)52-68(65)74(54-41-45-62(46-42-54)80(57-27-11-3-12-28-57)58-29-13-4-14-30-58)66-50-48-63(51-67(66)73)81(59-31-15-5-16-32-59)75-77-69-35-19-21-37-71(69)83-75/h1-52H. The molecule has 15 rings (SSSR count). The van der Waals surface area contributed by atoms with Crippen molar-refractivity contribution >= 4 is 132 Å². The normalized spacial score (nSPS) is 11.3. The lowest BCUT2D eigenvalue weighted by molar-refractivity contribution is 1.25. The summed E-state index contributed by atoms with van der Waals surface area (Å²) in [5, 5.41) is 6.27. The largest absolute Gasteiger partial charge is 0.311 e. The summed E-state index contributed by atoms with van der Waals surface area (Å²) in [7, 11) is 0. The highest BCUT2D eigenvalue weighted by Crippen LogP contribution is 2.50. The Labute approximate surface area is 495 Å². The van der Waals surface area contributed by atoms with Gasteiger partial charge in [0.15, 0.2) is 10.3 Å². The summed E-state index contributed by atoms with van der Waals surface area (Å²) in [4.78, 5) is 19.9. The zero-order valence-corrected chi connectivity index (χ0v) is 47.2. The molecule has 398 valence electrons. The van der Waals surface area contributed by atoms with Gasteiger partial charge in [-0.1, -0.05) is 193 Å². The third-order valence-corrected chi connectivity index (χ3v) is 17.5. The zero-order valence-electron chi connectivity index (χ0n) is 45.5. The van der Waals surface area contributed by atoms with Gasteiger partial charge in [0.05, 0.1) is 20.4 Å². The Morgan fingerprint density at radius 2 is 0.476 bits per heavy atom. The zero-order chi connectivity index (χ0) is 55.8. The van der Waals surface area contributed by atoms with Gasteiger partial charge in [0, 0.05) is 56.9 Å². The van der Waals surface area contributed by atoms with Crippen LogP contribution in [0.15, 0.2) is 315 Å². The molecule has 0 aliphatic heterocycles. The van der Waals surface area contributed by atoms with Crippen LogP contribution in [0.1, 0.15) is 0 Å². The van der Waals surface area contributed by atoms with Crippen LogP contribution in [0.4, 0.5) is 67.1 Å². The highest BCUT2D eigenvalue weighted by atomic mass is 32.1. The third kappa shape index (κ3) is 9.45. The molecule has 0 saturated heterocycles. The Morgan fingerprint density at radius 3 is 0.786 bits per heavy atom. The number of thiazole rings is 2. The number of nitrogens with zero attached hydrogens (tertiary/aromatic N) is 6. The van der Waals surface area contributed by atoms with Gasteiger partial charge < -0.3 is 9.80 Å². The van der Waals surface area contributed by atoms with Gasteiger partial charge in [-0.15, -0.1) is 0 Å². The molecule has 0 radical (unpaired) electrons. The first-order chi connectivity index (χ1) is 41.7. The number of aromatic nitrogens is 2. The summed E-state index contributed by atoms with van der Waals surface area (Å²) < 4.78 is 2.27. The maximum atomic E-state index is 5.30. The third-order valence-electron chi connectivity index (χ3n) is 15.5. The van der Waals surface area contributed by atoms with Crippen molar-refractivity contribution in [3.8, 4) is 22.3 Å². The Kier molecular flexibility index (Phi) is 13.2. The summed E-state index contributed by atoms with van der Waals surface area (Å²) in [6, 6.07) is 113. The van der Waals surface area contributed by atoms with Crippen molar-refractivity contribution in [2.75, 3.05) is 19.6 Å². The molecule has 0 saturated carbocycles. The molecule has 0 bridgehead atoms. The van der Waals surface area contributed by atoms with Crippen molar-refractivity contribution < 1.29 is 0 Å². The molecule has 13 aromatic carbocycles. The Morgan fingerprint density at radius 1 is 0.214 bits per heavy atom. The number of hydrogen-bond donors (Lipinski definition) is 0. The highest BCUT2D eigenvalue weighted by Gasteiger charge is 2.25. The number of rotatable bonds is 14. The molecule has 0 amide bonds. The minimum atomic E-state index is 0.896. The van der Waals surface area contributed by atoms with Crippen molar-refractivity contribution in [1.82, 2.24) is 9.97 Å². The van der Waals surface area contributed by atoms with Crippen LogP contribution in [0.2, 0.25) is 0 Å². The van der Waals surface area contributed by atoms with Gasteiger partial charge in [0.1, 0.15) is 0 Å². The van der Waals surface area contributed by atoms with Crippen LogP contribution in [0.5, 0.6) is 0 Å². The van der Waals surface area contributed by atoms with E-state index in [1.165, 1.54) is 0 Å². The van der Waals surface area contributed by atoms with Gasteiger partial charge in [0.2, 0.25) is 0 Å². The first-order valence-corrected chi connectivity index (χ1v) is 29.8. The Bertz CT molecular complexity index is 4320. The summed E-state index contributed by atoms with van der Waals surface area (Å²) in [5.74, 6) is 0. The second-order valence-electron chi connectivity index (χ2n) is 20.6. The van der Waals surface area contributed by atoms with Gasteiger partial charge in [-0.05, 0) is 189 Å². The number of hydrogen-bond acceptors (Lipinski definition) is 8. The molecule has 0 aliphatic carbocycles. The van der Waals surface area contributed by atoms with Crippen molar-refractivity contribution in [1.29, 1.82) is 0 Å². The number of fused-ring (bicyclic) bond motifs is 4. The van der Waals surface area contributed by atoms with Crippen LogP contribution < -0.4 is 19.6 Å². The predicted molar refractivity (Wildman–Crippen MR) is 357 cm³/mol. The van der Waals surface area contributed by atoms with Gasteiger partial charge in [-0.25, -0.2) is 9.97 Å². The number of anilines is 12. The average molecular weight is 1110 g/mol. The van der Waals surface area contributed by atoms with E-state index in [-0.39, 0.29) is 0 Å². The Hall–Kier alpha value is -10.6. The summed E-state index contributed by atoms with van der Waals surface area (Å²) in [6.07, 6.45) is 0. The lowest BCUT2D eigenvalue weighted by atomic mass is 9.85. The number of benzene rings is 13. The Balaban J connectivity index is 1.00. The lowest BCUT2D eigenvalue weighted by Gasteiger charge is -2.27. The molecule has 8 heteroatoms. The van der Waals surface area contributed by atoms with Crippen LogP contribution in [0.3, 0.4) is 0 Å². The molecule has 6 nitrogen and oxygen atoms in total. The van der Waals surface area contributed by atoms with E-state index >= 15 is 0 Å². The first kappa shape index (κ1) is 50.3. The molecule has 0 unspecified atom stereocenters. The van der Waals surface area contributed by atoms with Gasteiger partial charge in [0.25, 0.3) is 0 Å². The topological polar surface area (TPSA) is 38.7 Å².